The van der Waals surface area contributed by atoms with E-state index in [1.54, 1.807) is 12.0 Å². The van der Waals surface area contributed by atoms with E-state index in [0.717, 1.165) is 13.0 Å². The molecule has 0 saturated heterocycles. The van der Waals surface area contributed by atoms with Crippen LogP contribution in [0.2, 0.25) is 0 Å². The van der Waals surface area contributed by atoms with Crippen molar-refractivity contribution < 1.29 is 4.74 Å². The number of ether oxygens (including phenoxy) is 1. The number of aromatic nitrogens is 3. The Morgan fingerprint density at radius 2 is 2.06 bits per heavy atom. The van der Waals surface area contributed by atoms with Crippen molar-refractivity contribution in [3.63, 3.8) is 0 Å². The fourth-order valence-electron chi connectivity index (χ4n) is 1.08. The third kappa shape index (κ3) is 3.85. The van der Waals surface area contributed by atoms with Crippen LogP contribution in [0, 0.1) is 0 Å². The molecule has 0 fully saturated rings. The van der Waals surface area contributed by atoms with E-state index >= 15 is 0 Å². The molecule has 3 N–H and O–H groups in total. The highest BCUT2D eigenvalue weighted by molar-refractivity contribution is 5.40. The second-order valence-corrected chi connectivity index (χ2v) is 3.48. The first-order chi connectivity index (χ1) is 7.63. The molecule has 0 radical (unpaired) electrons. The third-order valence-electron chi connectivity index (χ3n) is 1.85. The molecule has 0 bridgehead atoms. The smallest absolute Gasteiger partial charge is 0.231 e. The molecule has 1 aromatic rings. The van der Waals surface area contributed by atoms with Gasteiger partial charge in [0.15, 0.2) is 0 Å². The Hall–Kier alpha value is -1.63. The van der Waals surface area contributed by atoms with Gasteiger partial charge in [0, 0.05) is 34.4 Å². The molecule has 1 aromatic heterocycles. The van der Waals surface area contributed by atoms with Crippen LogP contribution < -0.4 is 16.0 Å². The maximum atomic E-state index is 5.57. The quantitative estimate of drug-likeness (QED) is 0.658. The summed E-state index contributed by atoms with van der Waals surface area (Å²) in [6, 6.07) is 0. The first-order valence-corrected chi connectivity index (χ1v) is 5.05. The van der Waals surface area contributed by atoms with Crippen molar-refractivity contribution in [3.05, 3.63) is 0 Å². The lowest BCUT2D eigenvalue weighted by Crippen LogP contribution is -2.17. The van der Waals surface area contributed by atoms with Crippen LogP contribution in [0.1, 0.15) is 6.42 Å². The van der Waals surface area contributed by atoms with Crippen molar-refractivity contribution in [2.24, 2.45) is 0 Å². The predicted molar refractivity (Wildman–Crippen MR) is 63.5 cm³/mol. The zero-order chi connectivity index (χ0) is 12.0. The lowest BCUT2D eigenvalue weighted by atomic mass is 10.4. The van der Waals surface area contributed by atoms with Gasteiger partial charge in [-0.1, -0.05) is 0 Å². The van der Waals surface area contributed by atoms with E-state index in [9.17, 15) is 0 Å². The summed E-state index contributed by atoms with van der Waals surface area (Å²) in [5.74, 6) is 1.25. The Labute approximate surface area is 95.0 Å². The van der Waals surface area contributed by atoms with E-state index in [1.165, 1.54) is 0 Å². The Kier molecular flexibility index (Phi) is 4.71. The zero-order valence-corrected chi connectivity index (χ0v) is 9.90. The molecule has 0 unspecified atom stereocenters. The SMILES string of the molecule is COCCCNc1nc(N)nc(N(C)C)n1. The number of hydrogen-bond donors (Lipinski definition) is 2. The van der Waals surface area contributed by atoms with Crippen LogP contribution in [0.15, 0.2) is 0 Å². The van der Waals surface area contributed by atoms with Gasteiger partial charge in [-0.25, -0.2) is 0 Å². The largest absolute Gasteiger partial charge is 0.385 e. The molecule has 1 heterocycles. The highest BCUT2D eigenvalue weighted by Crippen LogP contribution is 2.08. The summed E-state index contributed by atoms with van der Waals surface area (Å²) in [6.45, 7) is 1.44. The number of nitrogens with one attached hydrogen (secondary N) is 1. The monoisotopic (exact) mass is 226 g/mol. The fraction of sp³-hybridized carbons (Fsp3) is 0.667. The molecule has 16 heavy (non-hydrogen) atoms. The van der Waals surface area contributed by atoms with Crippen molar-refractivity contribution in [3.8, 4) is 0 Å². The van der Waals surface area contributed by atoms with Crippen LogP contribution in [-0.4, -0.2) is 49.3 Å². The van der Waals surface area contributed by atoms with Crippen molar-refractivity contribution in [1.82, 2.24) is 15.0 Å². The van der Waals surface area contributed by atoms with E-state index in [1.807, 2.05) is 14.1 Å². The Bertz CT molecular complexity index is 330. The molecule has 90 valence electrons. The Morgan fingerprint density at radius 3 is 2.69 bits per heavy atom. The van der Waals surface area contributed by atoms with Gasteiger partial charge in [-0.3, -0.25) is 0 Å². The van der Waals surface area contributed by atoms with Crippen LogP contribution in [0.4, 0.5) is 17.8 Å². The van der Waals surface area contributed by atoms with E-state index in [4.69, 9.17) is 10.5 Å². The van der Waals surface area contributed by atoms with E-state index in [-0.39, 0.29) is 5.95 Å². The van der Waals surface area contributed by atoms with Gasteiger partial charge < -0.3 is 20.7 Å². The molecule has 0 aliphatic heterocycles. The molecular weight excluding hydrogens is 208 g/mol. The van der Waals surface area contributed by atoms with Gasteiger partial charge in [0.1, 0.15) is 0 Å². The van der Waals surface area contributed by atoms with Crippen LogP contribution in [0.3, 0.4) is 0 Å². The van der Waals surface area contributed by atoms with Gasteiger partial charge >= 0.3 is 0 Å². The second kappa shape index (κ2) is 6.06. The molecule has 0 aliphatic carbocycles. The number of anilines is 3. The maximum absolute atomic E-state index is 5.57. The van der Waals surface area contributed by atoms with Crippen LogP contribution in [0.5, 0.6) is 0 Å². The number of rotatable bonds is 6. The van der Waals surface area contributed by atoms with Crippen LogP contribution in [0.25, 0.3) is 0 Å². The summed E-state index contributed by atoms with van der Waals surface area (Å²) in [5, 5.41) is 3.07. The predicted octanol–water partition coefficient (Wildman–Crippen LogP) is -0.0318. The maximum Gasteiger partial charge on any atom is 0.231 e. The average Bonchev–Trinajstić information content (AvgIpc) is 2.23. The average molecular weight is 226 g/mol. The van der Waals surface area contributed by atoms with Crippen molar-refractivity contribution in [2.45, 2.75) is 6.42 Å². The van der Waals surface area contributed by atoms with Crippen molar-refractivity contribution in [2.75, 3.05) is 50.3 Å². The molecule has 0 amide bonds. The number of methoxy groups -OCH3 is 1. The summed E-state index contributed by atoms with van der Waals surface area (Å²) in [6.07, 6.45) is 0.888. The van der Waals surface area contributed by atoms with Gasteiger partial charge in [0.05, 0.1) is 0 Å². The van der Waals surface area contributed by atoms with Crippen LogP contribution in [-0.2, 0) is 4.74 Å². The molecular formula is C9H18N6O. The number of nitrogens with zero attached hydrogens (tertiary/aromatic N) is 4. The molecule has 0 saturated carbocycles. The summed E-state index contributed by atoms with van der Waals surface area (Å²) >= 11 is 0. The molecule has 7 nitrogen and oxygen atoms in total. The minimum atomic E-state index is 0.216. The number of nitrogen functional groups attached to an aromatic ring is 1. The highest BCUT2D eigenvalue weighted by Gasteiger charge is 2.04. The van der Waals surface area contributed by atoms with Gasteiger partial charge in [-0.05, 0) is 6.42 Å². The minimum absolute atomic E-state index is 0.216. The molecule has 0 spiro atoms. The first-order valence-electron chi connectivity index (χ1n) is 5.05. The Morgan fingerprint density at radius 1 is 1.31 bits per heavy atom. The summed E-state index contributed by atoms with van der Waals surface area (Å²) in [5.41, 5.74) is 5.57. The lowest BCUT2D eigenvalue weighted by molar-refractivity contribution is 0.197. The highest BCUT2D eigenvalue weighted by atomic mass is 16.5. The van der Waals surface area contributed by atoms with E-state index < -0.39 is 0 Å². The summed E-state index contributed by atoms with van der Waals surface area (Å²) in [4.78, 5) is 14.0. The Balaban J connectivity index is 2.58. The van der Waals surface area contributed by atoms with E-state index in [2.05, 4.69) is 20.3 Å². The molecule has 1 rings (SSSR count). The number of nitrogens with two attached hydrogens (primary N) is 1. The standard InChI is InChI=1S/C9H18N6O/c1-15(2)9-13-7(10)12-8(14-9)11-5-4-6-16-3/h4-6H2,1-3H3,(H3,10,11,12,13,14). The zero-order valence-electron chi connectivity index (χ0n) is 9.90. The van der Waals surface area contributed by atoms with Gasteiger partial charge in [-0.2, -0.15) is 15.0 Å². The van der Waals surface area contributed by atoms with Crippen molar-refractivity contribution >= 4 is 17.8 Å². The molecule has 7 heteroatoms. The van der Waals surface area contributed by atoms with Gasteiger partial charge in [0.2, 0.25) is 17.8 Å². The first kappa shape index (κ1) is 12.4. The fourth-order valence-corrected chi connectivity index (χ4v) is 1.08. The van der Waals surface area contributed by atoms with Gasteiger partial charge in [-0.15, -0.1) is 0 Å². The summed E-state index contributed by atoms with van der Waals surface area (Å²) < 4.78 is 4.94. The normalized spacial score (nSPS) is 10.2. The molecule has 0 aromatic carbocycles. The lowest BCUT2D eigenvalue weighted by Gasteiger charge is -2.11. The number of hydrogen-bond acceptors (Lipinski definition) is 7. The second-order valence-electron chi connectivity index (χ2n) is 3.48. The molecule has 0 aliphatic rings. The van der Waals surface area contributed by atoms with Crippen LogP contribution >= 0.6 is 0 Å². The topological polar surface area (TPSA) is 89.2 Å². The van der Waals surface area contributed by atoms with Gasteiger partial charge in [0.25, 0.3) is 0 Å². The third-order valence-corrected chi connectivity index (χ3v) is 1.85. The minimum Gasteiger partial charge on any atom is -0.385 e. The van der Waals surface area contributed by atoms with Crippen molar-refractivity contribution in [1.29, 1.82) is 0 Å². The van der Waals surface area contributed by atoms with E-state index in [0.29, 0.717) is 18.5 Å². The summed E-state index contributed by atoms with van der Waals surface area (Å²) in [7, 11) is 5.37. The molecule has 0 atom stereocenters.